The summed E-state index contributed by atoms with van der Waals surface area (Å²) in [4.78, 5) is 14.0. The molecule has 0 bridgehead atoms. The maximum Gasteiger partial charge on any atom is 0.281 e. The topological polar surface area (TPSA) is 41.5 Å². The summed E-state index contributed by atoms with van der Waals surface area (Å²) in [5.41, 5.74) is 2.09. The second-order valence-electron chi connectivity index (χ2n) is 7.80. The maximum atomic E-state index is 5.93. The Bertz CT molecular complexity index is 879. The van der Waals surface area contributed by atoms with Crippen LogP contribution in [-0.2, 0) is 6.54 Å². The van der Waals surface area contributed by atoms with E-state index in [2.05, 4.69) is 31.9 Å². The molecule has 5 rings (SSSR count). The number of pyridine rings is 1. The lowest BCUT2D eigenvalue weighted by atomic mass is 10.0. The fraction of sp³-hybridized carbons (Fsp3) is 0.455. The number of hydrogen-bond donors (Lipinski definition) is 0. The molecule has 0 radical (unpaired) electrons. The van der Waals surface area contributed by atoms with Crippen LogP contribution in [0.1, 0.15) is 31.2 Å². The van der Waals surface area contributed by atoms with E-state index in [9.17, 15) is 0 Å². The van der Waals surface area contributed by atoms with Crippen molar-refractivity contribution < 1.29 is 4.74 Å². The molecule has 2 fully saturated rings. The Morgan fingerprint density at radius 1 is 1.00 bits per heavy atom. The number of ether oxygens (including phenoxy) is 1. The average molecular weight is 395 g/mol. The summed E-state index contributed by atoms with van der Waals surface area (Å²) in [6.45, 7) is 6.07. The van der Waals surface area contributed by atoms with E-state index in [4.69, 9.17) is 4.74 Å². The van der Waals surface area contributed by atoms with Crippen LogP contribution < -0.4 is 4.74 Å². The summed E-state index contributed by atoms with van der Waals surface area (Å²) in [6, 6.07) is 13.2. The Morgan fingerprint density at radius 2 is 1.79 bits per heavy atom. The SMILES string of the molecule is c1cnc2nc(Oc3ccc(CN4CCC(N5CCCC5)CC4)cc3)sc2c1. The smallest absolute Gasteiger partial charge is 0.281 e. The number of rotatable bonds is 5. The van der Waals surface area contributed by atoms with E-state index in [1.54, 1.807) is 6.20 Å². The maximum absolute atomic E-state index is 5.93. The van der Waals surface area contributed by atoms with Gasteiger partial charge in [0, 0.05) is 18.8 Å². The zero-order chi connectivity index (χ0) is 18.8. The van der Waals surface area contributed by atoms with Crippen molar-refractivity contribution in [1.29, 1.82) is 0 Å². The molecule has 2 aliphatic rings. The van der Waals surface area contributed by atoms with Crippen LogP contribution in [-0.4, -0.2) is 52.0 Å². The van der Waals surface area contributed by atoms with Crippen molar-refractivity contribution >= 4 is 21.7 Å². The molecule has 1 aromatic carbocycles. The van der Waals surface area contributed by atoms with Crippen molar-refractivity contribution in [3.05, 3.63) is 48.2 Å². The molecule has 0 N–H and O–H groups in total. The summed E-state index contributed by atoms with van der Waals surface area (Å²) < 4.78 is 6.98. The third kappa shape index (κ3) is 4.04. The predicted molar refractivity (Wildman–Crippen MR) is 113 cm³/mol. The first kappa shape index (κ1) is 18.0. The Morgan fingerprint density at radius 3 is 2.54 bits per heavy atom. The van der Waals surface area contributed by atoms with Gasteiger partial charge in [0.1, 0.15) is 5.75 Å². The molecule has 28 heavy (non-hydrogen) atoms. The monoisotopic (exact) mass is 394 g/mol. The van der Waals surface area contributed by atoms with Gasteiger partial charge in [-0.2, -0.15) is 4.98 Å². The number of aromatic nitrogens is 2. The first-order valence-electron chi connectivity index (χ1n) is 10.3. The van der Waals surface area contributed by atoms with E-state index >= 15 is 0 Å². The molecule has 2 aromatic heterocycles. The van der Waals surface area contributed by atoms with Gasteiger partial charge in [0.05, 0.1) is 4.70 Å². The zero-order valence-corrected chi connectivity index (χ0v) is 16.9. The summed E-state index contributed by atoms with van der Waals surface area (Å²) >= 11 is 1.53. The molecule has 0 saturated carbocycles. The van der Waals surface area contributed by atoms with E-state index in [-0.39, 0.29) is 0 Å². The van der Waals surface area contributed by atoms with Crippen molar-refractivity contribution in [3.63, 3.8) is 0 Å². The van der Waals surface area contributed by atoms with Gasteiger partial charge in [-0.25, -0.2) is 4.98 Å². The lowest BCUT2D eigenvalue weighted by molar-refractivity contribution is 0.122. The number of hydrogen-bond acceptors (Lipinski definition) is 6. The number of fused-ring (bicyclic) bond motifs is 1. The first-order chi connectivity index (χ1) is 13.8. The van der Waals surface area contributed by atoms with Crippen LogP contribution in [0.5, 0.6) is 10.9 Å². The van der Waals surface area contributed by atoms with E-state index in [0.717, 1.165) is 28.7 Å². The van der Waals surface area contributed by atoms with Gasteiger partial charge in [0.15, 0.2) is 5.65 Å². The molecule has 0 aliphatic carbocycles. The molecule has 6 heteroatoms. The molecule has 0 unspecified atom stereocenters. The lowest BCUT2D eigenvalue weighted by Crippen LogP contribution is -2.43. The molecular formula is C22H26N4OS. The highest BCUT2D eigenvalue weighted by Gasteiger charge is 2.26. The van der Waals surface area contributed by atoms with Gasteiger partial charge in [0.25, 0.3) is 5.19 Å². The van der Waals surface area contributed by atoms with Gasteiger partial charge in [-0.3, -0.25) is 4.90 Å². The fourth-order valence-corrected chi connectivity index (χ4v) is 5.16. The van der Waals surface area contributed by atoms with Gasteiger partial charge >= 0.3 is 0 Å². The Kier molecular flexibility index (Phi) is 5.25. The minimum absolute atomic E-state index is 0.644. The van der Waals surface area contributed by atoms with Crippen molar-refractivity contribution in [2.75, 3.05) is 26.2 Å². The van der Waals surface area contributed by atoms with Crippen molar-refractivity contribution in [1.82, 2.24) is 19.8 Å². The van der Waals surface area contributed by atoms with Crippen LogP contribution in [0.2, 0.25) is 0 Å². The largest absolute Gasteiger partial charge is 0.431 e. The van der Waals surface area contributed by atoms with Crippen LogP contribution in [0.15, 0.2) is 42.6 Å². The van der Waals surface area contributed by atoms with Gasteiger partial charge in [0.2, 0.25) is 0 Å². The van der Waals surface area contributed by atoms with Gasteiger partial charge in [-0.05, 0) is 81.7 Å². The van der Waals surface area contributed by atoms with Crippen molar-refractivity contribution in [3.8, 4) is 10.9 Å². The lowest BCUT2D eigenvalue weighted by Gasteiger charge is -2.36. The zero-order valence-electron chi connectivity index (χ0n) is 16.1. The highest BCUT2D eigenvalue weighted by Crippen LogP contribution is 2.30. The molecular weight excluding hydrogens is 368 g/mol. The predicted octanol–water partition coefficient (Wildman–Crippen LogP) is 4.54. The number of likely N-dealkylation sites (tertiary alicyclic amines) is 2. The molecule has 5 nitrogen and oxygen atoms in total. The van der Waals surface area contributed by atoms with E-state index in [1.165, 1.54) is 68.8 Å². The summed E-state index contributed by atoms with van der Waals surface area (Å²) in [6.07, 6.45) is 7.17. The van der Waals surface area contributed by atoms with Crippen LogP contribution >= 0.6 is 11.3 Å². The Labute approximate surface area is 170 Å². The van der Waals surface area contributed by atoms with Crippen LogP contribution in [0.25, 0.3) is 10.3 Å². The average Bonchev–Trinajstić information content (AvgIpc) is 3.39. The second-order valence-corrected chi connectivity index (χ2v) is 8.79. The fourth-order valence-electron chi connectivity index (χ4n) is 4.36. The highest BCUT2D eigenvalue weighted by atomic mass is 32.1. The summed E-state index contributed by atoms with van der Waals surface area (Å²) in [5, 5.41) is 0.644. The Hall–Kier alpha value is -2.02. The highest BCUT2D eigenvalue weighted by molar-refractivity contribution is 7.20. The minimum atomic E-state index is 0.644. The molecule has 0 amide bonds. The van der Waals surface area contributed by atoms with Gasteiger partial charge < -0.3 is 9.64 Å². The molecule has 0 spiro atoms. The number of piperidine rings is 1. The van der Waals surface area contributed by atoms with E-state index in [1.807, 2.05) is 24.3 Å². The third-order valence-corrected chi connectivity index (χ3v) is 6.78. The minimum Gasteiger partial charge on any atom is -0.431 e. The summed E-state index contributed by atoms with van der Waals surface area (Å²) in [7, 11) is 0. The molecule has 4 heterocycles. The van der Waals surface area contributed by atoms with Gasteiger partial charge in [-0.15, -0.1) is 0 Å². The quantitative estimate of drug-likeness (QED) is 0.635. The molecule has 2 aliphatic heterocycles. The third-order valence-electron chi connectivity index (χ3n) is 5.89. The number of benzene rings is 1. The standard InChI is InChI=1S/C22H26N4OS/c1-2-13-26(12-1)18-9-14-25(15-10-18)16-17-5-7-19(8-6-17)27-22-24-21-20(28-22)4-3-11-23-21/h3-8,11,18H,1-2,9-10,12-16H2. The normalized spacial score (nSPS) is 19.4. The first-order valence-corrected chi connectivity index (χ1v) is 11.1. The molecule has 2 saturated heterocycles. The summed E-state index contributed by atoms with van der Waals surface area (Å²) in [5.74, 6) is 0.829. The second kappa shape index (κ2) is 8.15. The van der Waals surface area contributed by atoms with Crippen LogP contribution in [0.4, 0.5) is 0 Å². The molecule has 146 valence electrons. The van der Waals surface area contributed by atoms with E-state index in [0.29, 0.717) is 5.19 Å². The van der Waals surface area contributed by atoms with Crippen LogP contribution in [0, 0.1) is 0 Å². The van der Waals surface area contributed by atoms with E-state index < -0.39 is 0 Å². The van der Waals surface area contributed by atoms with Crippen LogP contribution in [0.3, 0.4) is 0 Å². The van der Waals surface area contributed by atoms with Crippen molar-refractivity contribution in [2.24, 2.45) is 0 Å². The number of nitrogens with zero attached hydrogens (tertiary/aromatic N) is 4. The molecule has 3 aromatic rings. The number of thiazole rings is 1. The van der Waals surface area contributed by atoms with Gasteiger partial charge in [-0.1, -0.05) is 23.5 Å². The van der Waals surface area contributed by atoms with Crippen molar-refractivity contribution in [2.45, 2.75) is 38.3 Å². The Balaban J connectivity index is 1.15. The molecule has 0 atom stereocenters.